The summed E-state index contributed by atoms with van der Waals surface area (Å²) in [5.41, 5.74) is 8.12. The number of halogens is 3. The summed E-state index contributed by atoms with van der Waals surface area (Å²) in [5.74, 6) is -0.326. The molecule has 1 rings (SSSR count). The lowest BCUT2D eigenvalue weighted by Crippen LogP contribution is -2.18. The lowest BCUT2D eigenvalue weighted by atomic mass is 9.90. The van der Waals surface area contributed by atoms with E-state index in [0.717, 1.165) is 0 Å². The molecule has 0 spiro atoms. The molecule has 3 nitrogen and oxygen atoms in total. The van der Waals surface area contributed by atoms with Crippen molar-refractivity contribution in [2.24, 2.45) is 11.0 Å². The minimum absolute atomic E-state index is 0.167. The number of allylic oxidation sites excluding steroid dienone is 1. The quantitative estimate of drug-likeness (QED) is 0.421. The maximum atomic E-state index is 13.1. The van der Waals surface area contributed by atoms with Crippen LogP contribution in [0.3, 0.4) is 0 Å². The summed E-state index contributed by atoms with van der Waals surface area (Å²) in [6.07, 6.45) is -4.51. The van der Waals surface area contributed by atoms with Crippen molar-refractivity contribution in [2.45, 2.75) is 20.0 Å². The van der Waals surface area contributed by atoms with Crippen LogP contribution in [0.4, 0.5) is 13.2 Å². The Morgan fingerprint density at radius 3 is 2.26 bits per heavy atom. The second-order valence-electron chi connectivity index (χ2n) is 4.30. The van der Waals surface area contributed by atoms with Gasteiger partial charge in [-0.25, -0.2) is 0 Å². The summed E-state index contributed by atoms with van der Waals surface area (Å²) < 4.78 is 39.3. The first-order valence-electron chi connectivity index (χ1n) is 5.74. The molecule has 0 heterocycles. The Bertz CT molecular complexity index is 498. The molecule has 1 aromatic rings. The normalized spacial score (nSPS) is 12.9. The van der Waals surface area contributed by atoms with Gasteiger partial charge < -0.3 is 0 Å². The fourth-order valence-electron chi connectivity index (χ4n) is 1.90. The molecule has 0 N–H and O–H groups in total. The van der Waals surface area contributed by atoms with Gasteiger partial charge in [0.25, 0.3) is 0 Å². The third-order valence-electron chi connectivity index (χ3n) is 2.62. The van der Waals surface area contributed by atoms with E-state index in [1.54, 1.807) is 44.2 Å². The Morgan fingerprint density at radius 2 is 1.84 bits per heavy atom. The number of rotatable bonds is 4. The van der Waals surface area contributed by atoms with Crippen molar-refractivity contribution in [2.75, 3.05) is 6.54 Å². The predicted octanol–water partition coefficient (Wildman–Crippen LogP) is 4.97. The van der Waals surface area contributed by atoms with Crippen molar-refractivity contribution >= 4 is 5.57 Å². The minimum atomic E-state index is -4.51. The first-order valence-corrected chi connectivity index (χ1v) is 5.74. The van der Waals surface area contributed by atoms with Crippen LogP contribution in [0.2, 0.25) is 0 Å². The Morgan fingerprint density at radius 1 is 1.26 bits per heavy atom. The van der Waals surface area contributed by atoms with Gasteiger partial charge in [0.15, 0.2) is 0 Å². The van der Waals surface area contributed by atoms with Crippen LogP contribution >= 0.6 is 0 Å². The predicted molar refractivity (Wildman–Crippen MR) is 68.3 cm³/mol. The molecule has 0 aromatic heterocycles. The second-order valence-corrected chi connectivity index (χ2v) is 4.30. The molecule has 0 unspecified atom stereocenters. The molecule has 0 aliphatic heterocycles. The molecule has 1 aromatic carbocycles. The molecular formula is C13H14F3N3. The first kappa shape index (κ1) is 15.1. The topological polar surface area (TPSA) is 48.8 Å². The molecule has 0 aliphatic rings. The third-order valence-corrected chi connectivity index (χ3v) is 2.62. The SMILES string of the molecule is CC(C)/C(=C(/CN=[N+]=[N-])C(F)(F)F)c1ccccc1. The van der Waals surface area contributed by atoms with E-state index >= 15 is 0 Å². The van der Waals surface area contributed by atoms with E-state index in [1.165, 1.54) is 0 Å². The average Bonchev–Trinajstić information content (AvgIpc) is 2.33. The lowest BCUT2D eigenvalue weighted by Gasteiger charge is -2.20. The van der Waals surface area contributed by atoms with Crippen molar-refractivity contribution in [3.05, 3.63) is 51.9 Å². The van der Waals surface area contributed by atoms with Crippen LogP contribution in [0.25, 0.3) is 16.0 Å². The highest BCUT2D eigenvalue weighted by Gasteiger charge is 2.36. The zero-order valence-corrected chi connectivity index (χ0v) is 10.6. The van der Waals surface area contributed by atoms with Gasteiger partial charge in [-0.05, 0) is 22.6 Å². The van der Waals surface area contributed by atoms with Gasteiger partial charge in [0.1, 0.15) is 0 Å². The highest BCUT2D eigenvalue weighted by molar-refractivity contribution is 5.71. The van der Waals surface area contributed by atoms with E-state index in [-0.39, 0.29) is 11.5 Å². The zero-order valence-electron chi connectivity index (χ0n) is 10.6. The summed E-state index contributed by atoms with van der Waals surface area (Å²) in [4.78, 5) is 2.42. The number of benzene rings is 1. The van der Waals surface area contributed by atoms with Crippen LogP contribution in [0, 0.1) is 5.92 Å². The molecule has 0 atom stereocenters. The van der Waals surface area contributed by atoms with Gasteiger partial charge >= 0.3 is 6.18 Å². The lowest BCUT2D eigenvalue weighted by molar-refractivity contribution is -0.0918. The first-order chi connectivity index (χ1) is 8.88. The fourth-order valence-corrected chi connectivity index (χ4v) is 1.90. The van der Waals surface area contributed by atoms with Gasteiger partial charge in [-0.3, -0.25) is 0 Å². The van der Waals surface area contributed by atoms with Gasteiger partial charge in [-0.1, -0.05) is 49.3 Å². The second kappa shape index (κ2) is 6.29. The number of azide groups is 1. The van der Waals surface area contributed by atoms with Crippen molar-refractivity contribution < 1.29 is 13.2 Å². The highest BCUT2D eigenvalue weighted by Crippen LogP contribution is 2.36. The van der Waals surface area contributed by atoms with Gasteiger partial charge in [-0.2, -0.15) is 13.2 Å². The summed E-state index contributed by atoms with van der Waals surface area (Å²) >= 11 is 0. The molecule has 0 saturated carbocycles. The van der Waals surface area contributed by atoms with Gasteiger partial charge in [0.05, 0.1) is 6.54 Å². The molecule has 0 saturated heterocycles. The monoisotopic (exact) mass is 269 g/mol. The van der Waals surface area contributed by atoms with Crippen LogP contribution in [-0.2, 0) is 0 Å². The number of alkyl halides is 3. The Labute approximate surface area is 109 Å². The van der Waals surface area contributed by atoms with E-state index in [1.807, 2.05) is 0 Å². The van der Waals surface area contributed by atoms with Crippen molar-refractivity contribution in [1.29, 1.82) is 0 Å². The van der Waals surface area contributed by atoms with Crippen LogP contribution in [-0.4, -0.2) is 12.7 Å². The fraction of sp³-hybridized carbons (Fsp3) is 0.385. The maximum absolute atomic E-state index is 13.1. The number of hydrogen-bond donors (Lipinski definition) is 0. The van der Waals surface area contributed by atoms with E-state index < -0.39 is 18.3 Å². The number of nitrogens with zero attached hydrogens (tertiary/aromatic N) is 3. The van der Waals surface area contributed by atoms with Crippen LogP contribution in [0.5, 0.6) is 0 Å². The third kappa shape index (κ3) is 4.03. The molecule has 0 fully saturated rings. The van der Waals surface area contributed by atoms with Crippen molar-refractivity contribution in [3.63, 3.8) is 0 Å². The molecular weight excluding hydrogens is 255 g/mol. The zero-order chi connectivity index (χ0) is 14.5. The molecule has 0 aliphatic carbocycles. The van der Waals surface area contributed by atoms with E-state index in [4.69, 9.17) is 5.53 Å². The molecule has 0 amide bonds. The average molecular weight is 269 g/mol. The molecule has 0 bridgehead atoms. The van der Waals surface area contributed by atoms with E-state index in [0.29, 0.717) is 5.56 Å². The summed E-state index contributed by atoms with van der Waals surface area (Å²) in [7, 11) is 0. The van der Waals surface area contributed by atoms with E-state index in [2.05, 4.69) is 10.0 Å². The van der Waals surface area contributed by atoms with E-state index in [9.17, 15) is 13.2 Å². The smallest absolute Gasteiger partial charge is 0.166 e. The van der Waals surface area contributed by atoms with Crippen LogP contribution < -0.4 is 0 Å². The van der Waals surface area contributed by atoms with Gasteiger partial charge in [0.2, 0.25) is 0 Å². The Kier molecular flexibility index (Phi) is 5.01. The summed E-state index contributed by atoms with van der Waals surface area (Å²) in [5, 5.41) is 3.07. The van der Waals surface area contributed by atoms with Crippen molar-refractivity contribution in [3.8, 4) is 0 Å². The molecule has 6 heteroatoms. The van der Waals surface area contributed by atoms with Crippen LogP contribution in [0.15, 0.2) is 41.0 Å². The summed E-state index contributed by atoms with van der Waals surface area (Å²) in [6.45, 7) is 2.68. The van der Waals surface area contributed by atoms with Crippen molar-refractivity contribution in [1.82, 2.24) is 0 Å². The highest BCUT2D eigenvalue weighted by atomic mass is 19.4. The van der Waals surface area contributed by atoms with Gasteiger partial charge in [-0.15, -0.1) is 0 Å². The van der Waals surface area contributed by atoms with Gasteiger partial charge in [0, 0.05) is 10.5 Å². The Hall–Kier alpha value is -1.94. The Balaban J connectivity index is 3.46. The van der Waals surface area contributed by atoms with Crippen LogP contribution in [0.1, 0.15) is 19.4 Å². The standard InChI is InChI=1S/C13H14F3N3/c1-9(2)12(10-6-4-3-5-7-10)11(8-18-19-17)13(14,15)16/h3-7,9H,8H2,1-2H3/b12-11+. The summed E-state index contributed by atoms with van der Waals surface area (Å²) in [6, 6.07) is 8.34. The molecule has 0 radical (unpaired) electrons. The largest absolute Gasteiger partial charge is 0.413 e. The minimum Gasteiger partial charge on any atom is -0.166 e. The number of hydrogen-bond acceptors (Lipinski definition) is 1. The molecule has 19 heavy (non-hydrogen) atoms. The maximum Gasteiger partial charge on any atom is 0.413 e. The molecule has 102 valence electrons.